The number of nitro groups is 1. The summed E-state index contributed by atoms with van der Waals surface area (Å²) in [5.74, 6) is -0.185. The second-order valence-corrected chi connectivity index (χ2v) is 4.90. The van der Waals surface area contributed by atoms with Crippen molar-refractivity contribution < 1.29 is 9.72 Å². The number of hydrogen-bond donors (Lipinski definition) is 1. The molecule has 0 spiro atoms. The minimum Gasteiger partial charge on any atom is -0.358 e. The van der Waals surface area contributed by atoms with E-state index in [1.165, 1.54) is 10.8 Å². The second kappa shape index (κ2) is 5.92. The molecule has 1 aromatic carbocycles. The highest BCUT2D eigenvalue weighted by atomic mass is 35.5. The predicted molar refractivity (Wildman–Crippen MR) is 78.4 cm³/mol. The number of benzene rings is 1. The van der Waals surface area contributed by atoms with Gasteiger partial charge < -0.3 is 15.4 Å². The molecule has 0 bridgehead atoms. The van der Waals surface area contributed by atoms with E-state index in [0.717, 1.165) is 5.56 Å². The van der Waals surface area contributed by atoms with Crippen LogP contribution in [0.5, 0.6) is 0 Å². The summed E-state index contributed by atoms with van der Waals surface area (Å²) in [6.07, 6.45) is 1.24. The van der Waals surface area contributed by atoms with Gasteiger partial charge in [-0.25, -0.2) is 0 Å². The van der Waals surface area contributed by atoms with Crippen LogP contribution >= 0.6 is 11.6 Å². The molecule has 2 aromatic rings. The highest BCUT2D eigenvalue weighted by Crippen LogP contribution is 2.23. The van der Waals surface area contributed by atoms with Crippen molar-refractivity contribution in [2.75, 3.05) is 5.32 Å². The first-order valence-corrected chi connectivity index (χ1v) is 6.49. The molecule has 2 rings (SSSR count). The van der Waals surface area contributed by atoms with Crippen molar-refractivity contribution in [3.05, 3.63) is 50.9 Å². The SMILES string of the molecule is Cc1c(Cl)cccc1NC(=O)Cn1cc([N+](=O)[O-])nc1C. The van der Waals surface area contributed by atoms with Crippen LogP contribution in [0, 0.1) is 24.0 Å². The van der Waals surface area contributed by atoms with Gasteiger partial charge in [-0.15, -0.1) is 0 Å². The van der Waals surface area contributed by atoms with E-state index in [-0.39, 0.29) is 18.3 Å². The molecule has 0 saturated heterocycles. The number of aromatic nitrogens is 2. The van der Waals surface area contributed by atoms with Gasteiger partial charge in [0.15, 0.2) is 0 Å². The van der Waals surface area contributed by atoms with Crippen molar-refractivity contribution in [3.8, 4) is 0 Å². The number of nitrogens with zero attached hydrogens (tertiary/aromatic N) is 3. The Bertz CT molecular complexity index is 711. The number of nitrogens with one attached hydrogen (secondary N) is 1. The first-order chi connectivity index (χ1) is 9.88. The maximum atomic E-state index is 12.0. The summed E-state index contributed by atoms with van der Waals surface area (Å²) in [6.45, 7) is 3.34. The lowest BCUT2D eigenvalue weighted by atomic mass is 10.2. The fourth-order valence-corrected chi connectivity index (χ4v) is 2.00. The van der Waals surface area contributed by atoms with Gasteiger partial charge in [-0.3, -0.25) is 9.36 Å². The lowest BCUT2D eigenvalue weighted by Gasteiger charge is -2.09. The first-order valence-electron chi connectivity index (χ1n) is 6.11. The normalized spacial score (nSPS) is 10.4. The van der Waals surface area contributed by atoms with Crippen LogP contribution in [-0.4, -0.2) is 20.4 Å². The lowest BCUT2D eigenvalue weighted by molar-refractivity contribution is -0.389. The van der Waals surface area contributed by atoms with Crippen molar-refractivity contribution in [1.29, 1.82) is 0 Å². The molecule has 0 aliphatic carbocycles. The van der Waals surface area contributed by atoms with E-state index in [4.69, 9.17) is 11.6 Å². The van der Waals surface area contributed by atoms with E-state index in [0.29, 0.717) is 16.5 Å². The minimum atomic E-state index is -0.595. The molecule has 1 heterocycles. The van der Waals surface area contributed by atoms with E-state index >= 15 is 0 Å². The lowest BCUT2D eigenvalue weighted by Crippen LogP contribution is -2.19. The number of halogens is 1. The molecule has 8 heteroatoms. The largest absolute Gasteiger partial charge is 0.381 e. The van der Waals surface area contributed by atoms with Crippen LogP contribution in [0.2, 0.25) is 5.02 Å². The second-order valence-electron chi connectivity index (χ2n) is 4.49. The summed E-state index contributed by atoms with van der Waals surface area (Å²) in [7, 11) is 0. The Hall–Kier alpha value is -2.41. The van der Waals surface area contributed by atoms with Gasteiger partial charge in [-0.2, -0.15) is 0 Å². The number of amides is 1. The Morgan fingerprint density at radius 1 is 1.48 bits per heavy atom. The van der Waals surface area contributed by atoms with Gasteiger partial charge in [0.05, 0.1) is 0 Å². The van der Waals surface area contributed by atoms with Crippen molar-refractivity contribution in [3.63, 3.8) is 0 Å². The highest BCUT2D eigenvalue weighted by Gasteiger charge is 2.17. The molecule has 7 nitrogen and oxygen atoms in total. The third-order valence-corrected chi connectivity index (χ3v) is 3.42. The minimum absolute atomic E-state index is 0.0569. The number of imidazole rings is 1. The first kappa shape index (κ1) is 15.0. The maximum absolute atomic E-state index is 12.0. The average molecular weight is 309 g/mol. The summed E-state index contributed by atoms with van der Waals surface area (Å²) in [5, 5.41) is 13.9. The molecule has 0 aliphatic heterocycles. The van der Waals surface area contributed by atoms with E-state index in [1.807, 2.05) is 0 Å². The number of hydrogen-bond acceptors (Lipinski definition) is 4. The summed E-state index contributed by atoms with van der Waals surface area (Å²) < 4.78 is 1.42. The van der Waals surface area contributed by atoms with E-state index < -0.39 is 4.92 Å². The molecule has 1 amide bonds. The van der Waals surface area contributed by atoms with Gasteiger partial charge in [0.2, 0.25) is 11.7 Å². The Kier molecular flexibility index (Phi) is 4.23. The van der Waals surface area contributed by atoms with Gasteiger partial charge in [0.25, 0.3) is 0 Å². The zero-order chi connectivity index (χ0) is 15.6. The van der Waals surface area contributed by atoms with Crippen LogP contribution in [0.15, 0.2) is 24.4 Å². The molecule has 0 aliphatic rings. The van der Waals surface area contributed by atoms with Crippen LogP contribution in [-0.2, 0) is 11.3 Å². The summed E-state index contributed by atoms with van der Waals surface area (Å²) in [4.78, 5) is 25.8. The molecule has 0 atom stereocenters. The number of carbonyl (C=O) groups is 1. The van der Waals surface area contributed by atoms with Gasteiger partial charge in [0, 0.05) is 17.6 Å². The monoisotopic (exact) mass is 308 g/mol. The van der Waals surface area contributed by atoms with Crippen LogP contribution in [0.1, 0.15) is 11.4 Å². The highest BCUT2D eigenvalue weighted by molar-refractivity contribution is 6.31. The molecular weight excluding hydrogens is 296 g/mol. The van der Waals surface area contributed by atoms with Crippen LogP contribution in [0.4, 0.5) is 11.5 Å². The molecule has 0 fully saturated rings. The summed E-state index contributed by atoms with van der Waals surface area (Å²) >= 11 is 5.98. The number of anilines is 1. The summed E-state index contributed by atoms with van der Waals surface area (Å²) in [5.41, 5.74) is 1.38. The number of rotatable bonds is 4. The quantitative estimate of drug-likeness (QED) is 0.694. The molecule has 0 unspecified atom stereocenters. The molecule has 0 saturated carbocycles. The molecular formula is C13H13ClN4O3. The molecule has 0 radical (unpaired) electrons. The van der Waals surface area contributed by atoms with Gasteiger partial charge in [-0.05, 0) is 34.5 Å². The predicted octanol–water partition coefficient (Wildman–Crippen LogP) is 2.70. The van der Waals surface area contributed by atoms with E-state index in [1.54, 1.807) is 32.0 Å². The average Bonchev–Trinajstić information content (AvgIpc) is 2.77. The third kappa shape index (κ3) is 3.38. The molecule has 110 valence electrons. The van der Waals surface area contributed by atoms with Crippen molar-refractivity contribution in [2.45, 2.75) is 20.4 Å². The standard InChI is InChI=1S/C13H13ClN4O3/c1-8-10(14)4-3-5-11(8)16-13(19)7-17-6-12(18(20)21)15-9(17)2/h3-6H,7H2,1-2H3,(H,16,19). The fraction of sp³-hybridized carbons (Fsp3) is 0.231. The van der Waals surface area contributed by atoms with Crippen LogP contribution in [0.25, 0.3) is 0 Å². The zero-order valence-corrected chi connectivity index (χ0v) is 12.2. The zero-order valence-electron chi connectivity index (χ0n) is 11.5. The van der Waals surface area contributed by atoms with Crippen molar-refractivity contribution in [2.24, 2.45) is 0 Å². The number of aryl methyl sites for hydroxylation is 1. The van der Waals surface area contributed by atoms with Crippen LogP contribution < -0.4 is 5.32 Å². The Morgan fingerprint density at radius 3 is 2.81 bits per heavy atom. The number of carbonyl (C=O) groups excluding carboxylic acids is 1. The Morgan fingerprint density at radius 2 is 2.19 bits per heavy atom. The van der Waals surface area contributed by atoms with Gasteiger partial charge in [-0.1, -0.05) is 17.7 Å². The van der Waals surface area contributed by atoms with Gasteiger partial charge in [0.1, 0.15) is 12.7 Å². The Balaban J connectivity index is 2.12. The molecule has 1 aromatic heterocycles. The fourth-order valence-electron chi connectivity index (χ4n) is 1.83. The van der Waals surface area contributed by atoms with E-state index in [2.05, 4.69) is 10.3 Å². The smallest absolute Gasteiger partial charge is 0.358 e. The van der Waals surface area contributed by atoms with Gasteiger partial charge >= 0.3 is 5.82 Å². The Labute approximate surface area is 125 Å². The molecule has 21 heavy (non-hydrogen) atoms. The van der Waals surface area contributed by atoms with E-state index in [9.17, 15) is 14.9 Å². The van der Waals surface area contributed by atoms with Crippen molar-refractivity contribution >= 4 is 29.0 Å². The topological polar surface area (TPSA) is 90.1 Å². The summed E-state index contributed by atoms with van der Waals surface area (Å²) in [6, 6.07) is 5.20. The maximum Gasteiger partial charge on any atom is 0.381 e. The molecule has 1 N–H and O–H groups in total. The third-order valence-electron chi connectivity index (χ3n) is 3.01. The van der Waals surface area contributed by atoms with Crippen LogP contribution in [0.3, 0.4) is 0 Å². The van der Waals surface area contributed by atoms with Crippen molar-refractivity contribution in [1.82, 2.24) is 9.55 Å².